The Morgan fingerprint density at radius 2 is 2.00 bits per heavy atom. The zero-order valence-corrected chi connectivity index (χ0v) is 12.2. The van der Waals surface area contributed by atoms with Gasteiger partial charge in [0.1, 0.15) is 5.84 Å². The van der Waals surface area contributed by atoms with Crippen LogP contribution in [0.1, 0.15) is 43.5 Å². The molecule has 0 saturated carbocycles. The lowest BCUT2D eigenvalue weighted by Crippen LogP contribution is -2.41. The molecule has 1 aromatic heterocycles. The minimum absolute atomic E-state index is 0.0777. The molecule has 1 aromatic rings. The van der Waals surface area contributed by atoms with Crippen molar-refractivity contribution in [2.75, 3.05) is 18.0 Å². The Balaban J connectivity index is 2.45. The number of hydrogen-bond donors (Lipinski definition) is 2. The van der Waals surface area contributed by atoms with Crippen LogP contribution in [0.3, 0.4) is 0 Å². The predicted molar refractivity (Wildman–Crippen MR) is 77.8 cm³/mol. The number of aryl methyl sites for hydroxylation is 1. The molecule has 0 radical (unpaired) electrons. The first kappa shape index (κ1) is 13.8. The molecule has 0 atom stereocenters. The Morgan fingerprint density at radius 1 is 1.32 bits per heavy atom. The second-order valence-corrected chi connectivity index (χ2v) is 6.21. The number of nitrogen functional groups attached to an aromatic ring is 1. The maximum absolute atomic E-state index is 7.81. The zero-order chi connectivity index (χ0) is 14.2. The molecule has 0 aromatic carbocycles. The van der Waals surface area contributed by atoms with E-state index in [-0.39, 0.29) is 11.3 Å². The van der Waals surface area contributed by atoms with E-state index in [2.05, 4.69) is 28.9 Å². The van der Waals surface area contributed by atoms with Gasteiger partial charge >= 0.3 is 0 Å². The maximum Gasteiger partial charge on any atom is 0.162 e. The number of piperidine rings is 1. The van der Waals surface area contributed by atoms with Crippen molar-refractivity contribution in [1.82, 2.24) is 10.2 Å². The molecule has 0 bridgehead atoms. The molecule has 0 spiro atoms. The summed E-state index contributed by atoms with van der Waals surface area (Å²) >= 11 is 0. The van der Waals surface area contributed by atoms with Crippen molar-refractivity contribution in [3.05, 3.63) is 16.8 Å². The van der Waals surface area contributed by atoms with Crippen molar-refractivity contribution in [1.29, 1.82) is 5.41 Å². The zero-order valence-electron chi connectivity index (χ0n) is 12.2. The van der Waals surface area contributed by atoms with Crippen LogP contribution in [0.2, 0.25) is 0 Å². The molecule has 5 nitrogen and oxygen atoms in total. The summed E-state index contributed by atoms with van der Waals surface area (Å²) < 4.78 is 0. The number of anilines is 1. The van der Waals surface area contributed by atoms with Gasteiger partial charge in [-0.25, -0.2) is 0 Å². The van der Waals surface area contributed by atoms with Crippen LogP contribution < -0.4 is 10.6 Å². The van der Waals surface area contributed by atoms with Crippen molar-refractivity contribution >= 4 is 11.7 Å². The van der Waals surface area contributed by atoms with Crippen LogP contribution in [0.5, 0.6) is 0 Å². The molecule has 1 aliphatic heterocycles. The second kappa shape index (κ2) is 4.79. The van der Waals surface area contributed by atoms with Crippen LogP contribution in [0.4, 0.5) is 5.82 Å². The quantitative estimate of drug-likeness (QED) is 0.630. The van der Waals surface area contributed by atoms with Gasteiger partial charge in [-0.2, -0.15) is 5.10 Å². The fourth-order valence-corrected chi connectivity index (χ4v) is 2.74. The largest absolute Gasteiger partial charge is 0.384 e. The Kier molecular flexibility index (Phi) is 3.47. The molecule has 0 aliphatic carbocycles. The number of nitrogens with two attached hydrogens (primary N) is 1. The highest BCUT2D eigenvalue weighted by Crippen LogP contribution is 2.32. The third-order valence-electron chi connectivity index (χ3n) is 3.91. The Labute approximate surface area is 114 Å². The van der Waals surface area contributed by atoms with Crippen molar-refractivity contribution in [3.63, 3.8) is 0 Å². The van der Waals surface area contributed by atoms with Gasteiger partial charge in [-0.3, -0.25) is 5.41 Å². The van der Waals surface area contributed by atoms with Crippen LogP contribution in [0, 0.1) is 24.7 Å². The maximum atomic E-state index is 7.81. The minimum Gasteiger partial charge on any atom is -0.384 e. The fourth-order valence-electron chi connectivity index (χ4n) is 2.74. The highest BCUT2D eigenvalue weighted by atomic mass is 15.3. The highest BCUT2D eigenvalue weighted by molar-refractivity contribution is 6.01. The summed E-state index contributed by atoms with van der Waals surface area (Å²) in [6, 6.07) is 0. The molecule has 1 aliphatic rings. The third-order valence-corrected chi connectivity index (χ3v) is 3.91. The van der Waals surface area contributed by atoms with E-state index in [4.69, 9.17) is 11.1 Å². The van der Waals surface area contributed by atoms with Gasteiger partial charge < -0.3 is 10.6 Å². The van der Waals surface area contributed by atoms with Crippen LogP contribution >= 0.6 is 0 Å². The molecule has 19 heavy (non-hydrogen) atoms. The Hall–Kier alpha value is -1.65. The molecular weight excluding hydrogens is 238 g/mol. The molecule has 104 valence electrons. The van der Waals surface area contributed by atoms with Crippen molar-refractivity contribution in [2.45, 2.75) is 40.5 Å². The van der Waals surface area contributed by atoms with Crippen LogP contribution in [0.15, 0.2) is 0 Å². The van der Waals surface area contributed by atoms with E-state index in [0.717, 1.165) is 42.1 Å². The first-order valence-electron chi connectivity index (χ1n) is 6.75. The number of rotatable bonds is 2. The lowest BCUT2D eigenvalue weighted by molar-refractivity contribution is 0.291. The lowest BCUT2D eigenvalue weighted by Gasteiger charge is -2.39. The van der Waals surface area contributed by atoms with Gasteiger partial charge in [0.2, 0.25) is 0 Å². The number of amidine groups is 1. The predicted octanol–water partition coefficient (Wildman–Crippen LogP) is 2.00. The van der Waals surface area contributed by atoms with Gasteiger partial charge in [0.25, 0.3) is 0 Å². The number of hydrogen-bond acceptors (Lipinski definition) is 4. The molecule has 2 heterocycles. The van der Waals surface area contributed by atoms with Gasteiger partial charge in [0.05, 0.1) is 11.3 Å². The second-order valence-electron chi connectivity index (χ2n) is 6.21. The molecule has 0 unspecified atom stereocenters. The van der Waals surface area contributed by atoms with E-state index in [9.17, 15) is 0 Å². The van der Waals surface area contributed by atoms with Crippen molar-refractivity contribution in [3.8, 4) is 0 Å². The van der Waals surface area contributed by atoms with Gasteiger partial charge in [0, 0.05) is 13.1 Å². The van der Waals surface area contributed by atoms with Crippen LogP contribution in [-0.4, -0.2) is 29.1 Å². The third kappa shape index (κ3) is 2.69. The van der Waals surface area contributed by atoms with E-state index in [1.54, 1.807) is 0 Å². The smallest absolute Gasteiger partial charge is 0.162 e. The summed E-state index contributed by atoms with van der Waals surface area (Å²) in [4.78, 5) is 2.22. The summed E-state index contributed by atoms with van der Waals surface area (Å²) in [7, 11) is 0. The molecule has 3 N–H and O–H groups in total. The van der Waals surface area contributed by atoms with Gasteiger partial charge in [-0.05, 0) is 37.7 Å². The number of nitrogens with zero attached hydrogens (tertiary/aromatic N) is 3. The Morgan fingerprint density at radius 3 is 2.58 bits per heavy atom. The monoisotopic (exact) mass is 261 g/mol. The summed E-state index contributed by atoms with van der Waals surface area (Å²) in [5.41, 5.74) is 8.56. The number of nitrogens with one attached hydrogen (secondary N) is 1. The van der Waals surface area contributed by atoms with E-state index in [1.165, 1.54) is 6.42 Å². The topological polar surface area (TPSA) is 78.9 Å². The molecule has 2 rings (SSSR count). The molecule has 1 fully saturated rings. The summed E-state index contributed by atoms with van der Waals surface area (Å²) in [6.07, 6.45) is 2.36. The molecule has 1 saturated heterocycles. The molecular formula is C14H23N5. The average Bonchev–Trinajstić information content (AvgIpc) is 2.30. The van der Waals surface area contributed by atoms with Gasteiger partial charge in [-0.1, -0.05) is 13.8 Å². The van der Waals surface area contributed by atoms with Crippen molar-refractivity contribution < 1.29 is 0 Å². The standard InChI is InChI=1S/C14H23N5/c1-9-10(2)17-18-13(11(9)12(15)16)19-7-5-6-14(3,4)8-19/h5-8H2,1-4H3,(H3,15,16). The average molecular weight is 261 g/mol. The SMILES string of the molecule is Cc1nnc(N2CCCC(C)(C)C2)c(C(=N)N)c1C. The minimum atomic E-state index is 0.0777. The van der Waals surface area contributed by atoms with Crippen LogP contribution in [0.25, 0.3) is 0 Å². The van der Waals surface area contributed by atoms with E-state index >= 15 is 0 Å². The fraction of sp³-hybridized carbons (Fsp3) is 0.643. The molecule has 0 amide bonds. The molecule has 5 heteroatoms. The Bertz CT molecular complexity index is 507. The van der Waals surface area contributed by atoms with E-state index in [1.807, 2.05) is 13.8 Å². The summed E-state index contributed by atoms with van der Waals surface area (Å²) in [6.45, 7) is 10.3. The normalized spacial score (nSPS) is 18.4. The van der Waals surface area contributed by atoms with Gasteiger partial charge in [0.15, 0.2) is 5.82 Å². The number of aromatic nitrogens is 2. The summed E-state index contributed by atoms with van der Waals surface area (Å²) in [5.74, 6) is 0.845. The van der Waals surface area contributed by atoms with E-state index < -0.39 is 0 Å². The highest BCUT2D eigenvalue weighted by Gasteiger charge is 2.29. The summed E-state index contributed by atoms with van der Waals surface area (Å²) in [5, 5.41) is 16.3. The van der Waals surface area contributed by atoms with E-state index in [0.29, 0.717) is 0 Å². The lowest BCUT2D eigenvalue weighted by atomic mass is 9.84. The first-order chi connectivity index (χ1) is 8.82. The van der Waals surface area contributed by atoms with Crippen LogP contribution in [-0.2, 0) is 0 Å². The van der Waals surface area contributed by atoms with Gasteiger partial charge in [-0.15, -0.1) is 5.10 Å². The van der Waals surface area contributed by atoms with Crippen molar-refractivity contribution in [2.24, 2.45) is 11.1 Å². The first-order valence-corrected chi connectivity index (χ1v) is 6.75.